The largest absolute Gasteiger partial charge is 0.403 e. The van der Waals surface area contributed by atoms with E-state index >= 15 is 0 Å². The first-order valence-corrected chi connectivity index (χ1v) is 4.68. The van der Waals surface area contributed by atoms with Gasteiger partial charge in [0.2, 0.25) is 0 Å². The molecule has 0 aliphatic heterocycles. The average molecular weight is 185 g/mol. The molecule has 0 aliphatic carbocycles. The number of nitrogens with two attached hydrogens (primary N) is 1. The number of allylic oxidation sites excluding steroid dienone is 3. The molecule has 0 radical (unpaired) electrons. The second-order valence-corrected chi connectivity index (χ2v) is 1.73. The summed E-state index contributed by atoms with van der Waals surface area (Å²) in [6.07, 6.45) is 4.82. The molecular formula is C12H27N. The molecule has 0 atom stereocenters. The Hall–Kier alpha value is -0.980. The van der Waals surface area contributed by atoms with Crippen molar-refractivity contribution in [2.45, 2.75) is 41.0 Å². The normalized spacial score (nSPS) is 7.31. The van der Waals surface area contributed by atoms with Crippen molar-refractivity contribution < 1.29 is 0 Å². The van der Waals surface area contributed by atoms with Crippen molar-refractivity contribution in [3.63, 3.8) is 0 Å². The Balaban J connectivity index is -0.0000000457. The molecule has 1 nitrogen and oxygen atoms in total. The molecule has 13 heavy (non-hydrogen) atoms. The molecule has 1 heteroatoms. The summed E-state index contributed by atoms with van der Waals surface area (Å²) in [6, 6.07) is 0. The molecule has 0 saturated carbocycles. The van der Waals surface area contributed by atoms with Gasteiger partial charge in [-0.05, 0) is 20.3 Å². The van der Waals surface area contributed by atoms with Crippen LogP contribution in [0.25, 0.3) is 0 Å². The van der Waals surface area contributed by atoms with Crippen LogP contribution in [-0.4, -0.2) is 0 Å². The predicted molar refractivity (Wildman–Crippen MR) is 66.7 cm³/mol. The van der Waals surface area contributed by atoms with Crippen molar-refractivity contribution in [2.24, 2.45) is 5.73 Å². The van der Waals surface area contributed by atoms with Crippen molar-refractivity contribution in [3.8, 4) is 0 Å². The summed E-state index contributed by atoms with van der Waals surface area (Å²) in [6.45, 7) is 19.3. The lowest BCUT2D eigenvalue weighted by atomic mass is 10.5. The van der Waals surface area contributed by atoms with Crippen molar-refractivity contribution in [3.05, 3.63) is 37.6 Å². The van der Waals surface area contributed by atoms with E-state index in [0.717, 1.165) is 12.1 Å². The lowest BCUT2D eigenvalue weighted by molar-refractivity contribution is 1.23. The van der Waals surface area contributed by atoms with Gasteiger partial charge in [0, 0.05) is 5.70 Å². The fraction of sp³-hybridized carbons (Fsp3) is 0.500. The highest BCUT2D eigenvalue weighted by molar-refractivity contribution is 4.86. The second-order valence-electron chi connectivity index (χ2n) is 1.73. The molecule has 0 rings (SSSR count). The molecule has 0 fully saturated rings. The summed E-state index contributed by atoms with van der Waals surface area (Å²) in [7, 11) is 0. The van der Waals surface area contributed by atoms with Gasteiger partial charge in [-0.2, -0.15) is 0 Å². The van der Waals surface area contributed by atoms with Crippen LogP contribution in [-0.2, 0) is 0 Å². The topological polar surface area (TPSA) is 26.0 Å². The van der Waals surface area contributed by atoms with Crippen LogP contribution >= 0.6 is 0 Å². The van der Waals surface area contributed by atoms with Gasteiger partial charge in [-0.15, -0.1) is 19.7 Å². The first-order valence-electron chi connectivity index (χ1n) is 4.68. The number of rotatable bonds is 1. The zero-order chi connectivity index (χ0) is 11.7. The fourth-order valence-corrected chi connectivity index (χ4v) is 0. The molecule has 0 heterocycles. The van der Waals surface area contributed by atoms with Crippen molar-refractivity contribution in [2.75, 3.05) is 0 Å². The molecule has 0 unspecified atom stereocenters. The average Bonchev–Trinajstić information content (AvgIpc) is 2.24. The first kappa shape index (κ1) is 22.7. The Kier molecular flexibility index (Phi) is 76.6. The molecule has 0 aliphatic rings. The van der Waals surface area contributed by atoms with Crippen LogP contribution in [0.1, 0.15) is 41.0 Å². The highest BCUT2D eigenvalue weighted by atomic mass is 14.5. The highest BCUT2D eigenvalue weighted by Gasteiger charge is 1.60. The van der Waals surface area contributed by atoms with Crippen LogP contribution in [0.3, 0.4) is 0 Å². The van der Waals surface area contributed by atoms with Crippen LogP contribution in [0, 0.1) is 0 Å². The number of hydrogen-bond acceptors (Lipinski definition) is 1. The standard InChI is InChI=1S/C4H9N.C4H8.C2H6.C2H4/c1-3-4(2)5;1-3-4-2;2*1-2/h3H,5H2,1-2H3;3H,1,4H2,2H3;1-2H3;1-2H2/b4-3+;;;. The molecule has 0 spiro atoms. The zero-order valence-corrected chi connectivity index (χ0v) is 10.1. The van der Waals surface area contributed by atoms with E-state index < -0.39 is 0 Å². The Morgan fingerprint density at radius 2 is 1.46 bits per heavy atom. The van der Waals surface area contributed by atoms with Crippen molar-refractivity contribution in [1.82, 2.24) is 0 Å². The maximum absolute atomic E-state index is 5.15. The van der Waals surface area contributed by atoms with Crippen LogP contribution < -0.4 is 5.73 Å². The Bertz CT molecular complexity index is 89.3. The summed E-state index contributed by atoms with van der Waals surface area (Å²) in [4.78, 5) is 0. The van der Waals surface area contributed by atoms with Crippen molar-refractivity contribution >= 4 is 0 Å². The third kappa shape index (κ3) is 220. The lowest BCUT2D eigenvalue weighted by Crippen LogP contribution is -1.86. The third-order valence-electron chi connectivity index (χ3n) is 0.744. The van der Waals surface area contributed by atoms with Gasteiger partial charge in [-0.25, -0.2) is 0 Å². The predicted octanol–water partition coefficient (Wildman–Crippen LogP) is 4.28. The minimum atomic E-state index is 0.880. The van der Waals surface area contributed by atoms with Gasteiger partial charge in [-0.1, -0.05) is 32.9 Å². The maximum atomic E-state index is 5.15. The highest BCUT2D eigenvalue weighted by Crippen LogP contribution is 1.71. The van der Waals surface area contributed by atoms with E-state index in [-0.39, 0.29) is 0 Å². The van der Waals surface area contributed by atoms with Crippen LogP contribution in [0.5, 0.6) is 0 Å². The van der Waals surface area contributed by atoms with Gasteiger partial charge in [0.15, 0.2) is 0 Å². The quantitative estimate of drug-likeness (QED) is 0.606. The Morgan fingerprint density at radius 3 is 1.46 bits per heavy atom. The molecule has 0 amide bonds. The summed E-state index contributed by atoms with van der Waals surface area (Å²) in [5, 5.41) is 0. The summed E-state index contributed by atoms with van der Waals surface area (Å²) in [5.41, 5.74) is 6.03. The van der Waals surface area contributed by atoms with E-state index in [1.807, 2.05) is 39.8 Å². The SMILES string of the molecule is C/C=C(\C)N.C=C.C=CCC.CC. The van der Waals surface area contributed by atoms with E-state index in [9.17, 15) is 0 Å². The zero-order valence-electron chi connectivity index (χ0n) is 10.1. The van der Waals surface area contributed by atoms with E-state index in [2.05, 4.69) is 26.7 Å². The fourth-order valence-electron chi connectivity index (χ4n) is 0. The first-order chi connectivity index (χ1) is 6.18. The second kappa shape index (κ2) is 43.9. The molecular weight excluding hydrogens is 158 g/mol. The van der Waals surface area contributed by atoms with Crippen LogP contribution in [0.4, 0.5) is 0 Å². The van der Waals surface area contributed by atoms with E-state index in [4.69, 9.17) is 5.73 Å². The molecule has 80 valence electrons. The van der Waals surface area contributed by atoms with Gasteiger partial charge in [0.05, 0.1) is 0 Å². The minimum absolute atomic E-state index is 0.880. The van der Waals surface area contributed by atoms with Crippen LogP contribution in [0.15, 0.2) is 37.6 Å². The summed E-state index contributed by atoms with van der Waals surface area (Å²) in [5.74, 6) is 0. The molecule has 0 aromatic heterocycles. The van der Waals surface area contributed by atoms with E-state index in [1.165, 1.54) is 0 Å². The smallest absolute Gasteiger partial charge is 0.000552 e. The summed E-state index contributed by atoms with van der Waals surface area (Å²) >= 11 is 0. The van der Waals surface area contributed by atoms with E-state index in [1.54, 1.807) is 0 Å². The van der Waals surface area contributed by atoms with Gasteiger partial charge in [0.25, 0.3) is 0 Å². The molecule has 2 N–H and O–H groups in total. The number of hydrogen-bond donors (Lipinski definition) is 1. The van der Waals surface area contributed by atoms with Crippen LogP contribution in [0.2, 0.25) is 0 Å². The van der Waals surface area contributed by atoms with Gasteiger partial charge in [0.1, 0.15) is 0 Å². The van der Waals surface area contributed by atoms with Crippen molar-refractivity contribution in [1.29, 1.82) is 0 Å². The molecule has 0 aromatic rings. The minimum Gasteiger partial charge on any atom is -0.403 e. The Morgan fingerprint density at radius 1 is 1.31 bits per heavy atom. The van der Waals surface area contributed by atoms with Gasteiger partial charge in [-0.3, -0.25) is 0 Å². The summed E-state index contributed by atoms with van der Waals surface area (Å²) < 4.78 is 0. The molecule has 0 bridgehead atoms. The molecule has 0 aromatic carbocycles. The maximum Gasteiger partial charge on any atom is 0.000552 e. The monoisotopic (exact) mass is 185 g/mol. The van der Waals surface area contributed by atoms with Gasteiger partial charge >= 0.3 is 0 Å². The molecule has 0 saturated heterocycles. The lowest BCUT2D eigenvalue weighted by Gasteiger charge is -1.76. The van der Waals surface area contributed by atoms with Gasteiger partial charge < -0.3 is 5.73 Å². The third-order valence-corrected chi connectivity index (χ3v) is 0.744. The van der Waals surface area contributed by atoms with E-state index in [0.29, 0.717) is 0 Å². The Labute approximate surface area is 85.0 Å².